The summed E-state index contributed by atoms with van der Waals surface area (Å²) in [6, 6.07) is 9.73. The number of carbonyl (C=O) groups is 1. The summed E-state index contributed by atoms with van der Waals surface area (Å²) in [6.07, 6.45) is 5.44. The zero-order chi connectivity index (χ0) is 14.8. The Balaban J connectivity index is 2.01. The van der Waals surface area contributed by atoms with Gasteiger partial charge in [0.1, 0.15) is 0 Å². The molecular formula is C17H18N2O2. The van der Waals surface area contributed by atoms with Crippen molar-refractivity contribution < 1.29 is 9.90 Å². The molecule has 0 bridgehead atoms. The zero-order valence-electron chi connectivity index (χ0n) is 12.0. The van der Waals surface area contributed by atoms with Crippen molar-refractivity contribution in [2.45, 2.75) is 25.8 Å². The molecular weight excluding hydrogens is 264 g/mol. The van der Waals surface area contributed by atoms with Crippen LogP contribution >= 0.6 is 0 Å². The lowest BCUT2D eigenvalue weighted by molar-refractivity contribution is 0.0695. The summed E-state index contributed by atoms with van der Waals surface area (Å²) in [5.74, 6) is -0.845. The summed E-state index contributed by atoms with van der Waals surface area (Å²) in [4.78, 5) is 17.9. The van der Waals surface area contributed by atoms with E-state index >= 15 is 0 Å². The molecule has 0 saturated carbocycles. The lowest BCUT2D eigenvalue weighted by Gasteiger charge is -2.37. The van der Waals surface area contributed by atoms with E-state index in [1.165, 1.54) is 0 Å². The second-order valence-electron chi connectivity index (χ2n) is 5.37. The molecule has 0 fully saturated rings. The van der Waals surface area contributed by atoms with Gasteiger partial charge in [-0.1, -0.05) is 12.1 Å². The molecule has 0 radical (unpaired) electrons. The number of carboxylic acids is 1. The predicted molar refractivity (Wildman–Crippen MR) is 81.7 cm³/mol. The van der Waals surface area contributed by atoms with E-state index < -0.39 is 5.97 Å². The van der Waals surface area contributed by atoms with E-state index in [0.717, 1.165) is 36.2 Å². The second kappa shape index (κ2) is 5.56. The van der Waals surface area contributed by atoms with Crippen LogP contribution in [0.1, 0.15) is 40.9 Å². The zero-order valence-corrected chi connectivity index (χ0v) is 12.0. The van der Waals surface area contributed by atoms with Gasteiger partial charge in [0.15, 0.2) is 0 Å². The van der Waals surface area contributed by atoms with Crippen molar-refractivity contribution in [2.24, 2.45) is 0 Å². The van der Waals surface area contributed by atoms with Crippen molar-refractivity contribution in [1.29, 1.82) is 0 Å². The van der Waals surface area contributed by atoms with Gasteiger partial charge in [-0.25, -0.2) is 4.79 Å². The van der Waals surface area contributed by atoms with Gasteiger partial charge >= 0.3 is 5.97 Å². The Labute approximate surface area is 124 Å². The third-order valence-electron chi connectivity index (χ3n) is 4.15. The first kappa shape index (κ1) is 13.6. The highest BCUT2D eigenvalue weighted by atomic mass is 16.4. The average Bonchev–Trinajstić information content (AvgIpc) is 2.53. The van der Waals surface area contributed by atoms with Crippen molar-refractivity contribution in [2.75, 3.05) is 11.4 Å². The number of benzene rings is 1. The third kappa shape index (κ3) is 2.49. The van der Waals surface area contributed by atoms with Gasteiger partial charge in [-0.2, -0.15) is 0 Å². The number of anilines is 1. The molecule has 3 rings (SSSR count). The van der Waals surface area contributed by atoms with Crippen molar-refractivity contribution in [3.63, 3.8) is 0 Å². The lowest BCUT2D eigenvalue weighted by atomic mass is 9.94. The Kier molecular flexibility index (Phi) is 3.60. The van der Waals surface area contributed by atoms with E-state index in [1.54, 1.807) is 12.3 Å². The Morgan fingerprint density at radius 2 is 2.19 bits per heavy atom. The maximum Gasteiger partial charge on any atom is 0.336 e. The topological polar surface area (TPSA) is 53.4 Å². The molecule has 1 aliphatic rings. The van der Waals surface area contributed by atoms with Gasteiger partial charge in [0.2, 0.25) is 0 Å². The first-order valence-electron chi connectivity index (χ1n) is 7.20. The number of hydrogen-bond acceptors (Lipinski definition) is 3. The molecule has 1 unspecified atom stereocenters. The van der Waals surface area contributed by atoms with Crippen LogP contribution < -0.4 is 4.90 Å². The van der Waals surface area contributed by atoms with Crippen molar-refractivity contribution in [3.8, 4) is 0 Å². The molecule has 4 nitrogen and oxygen atoms in total. The summed E-state index contributed by atoms with van der Waals surface area (Å²) < 4.78 is 0. The van der Waals surface area contributed by atoms with Crippen LogP contribution in [0.5, 0.6) is 0 Å². The van der Waals surface area contributed by atoms with Gasteiger partial charge in [0.25, 0.3) is 0 Å². The lowest BCUT2D eigenvalue weighted by Crippen LogP contribution is -2.32. The first-order chi connectivity index (χ1) is 10.2. The quantitative estimate of drug-likeness (QED) is 0.938. The van der Waals surface area contributed by atoms with Crippen molar-refractivity contribution in [3.05, 3.63) is 59.4 Å². The van der Waals surface area contributed by atoms with Crippen LogP contribution in [0, 0.1) is 0 Å². The van der Waals surface area contributed by atoms with Crippen LogP contribution in [0.2, 0.25) is 0 Å². The smallest absolute Gasteiger partial charge is 0.336 e. The van der Waals surface area contributed by atoms with Gasteiger partial charge in [-0.3, -0.25) is 4.98 Å². The van der Waals surface area contributed by atoms with E-state index in [9.17, 15) is 9.90 Å². The largest absolute Gasteiger partial charge is 0.478 e. The summed E-state index contributed by atoms with van der Waals surface area (Å²) in [7, 11) is 0. The van der Waals surface area contributed by atoms with Crippen molar-refractivity contribution >= 4 is 11.7 Å². The predicted octanol–water partition coefficient (Wildman–Crippen LogP) is 3.29. The molecule has 1 N–H and O–H groups in total. The van der Waals surface area contributed by atoms with Gasteiger partial charge in [0, 0.05) is 24.6 Å². The fourth-order valence-electron chi connectivity index (χ4n) is 3.06. The van der Waals surface area contributed by atoms with E-state index in [0.29, 0.717) is 5.56 Å². The molecule has 0 saturated heterocycles. The van der Waals surface area contributed by atoms with Crippen LogP contribution in [0.25, 0.3) is 0 Å². The first-order valence-corrected chi connectivity index (χ1v) is 7.20. The highest BCUT2D eigenvalue weighted by Gasteiger charge is 2.25. The van der Waals surface area contributed by atoms with E-state index in [2.05, 4.69) is 22.9 Å². The number of fused-ring (bicyclic) bond motifs is 1. The van der Waals surface area contributed by atoms with E-state index in [1.807, 2.05) is 24.4 Å². The fourth-order valence-corrected chi connectivity index (χ4v) is 3.06. The highest BCUT2D eigenvalue weighted by Crippen LogP contribution is 2.35. The number of carboxylic acid groups (broad SMARTS) is 1. The van der Waals surface area contributed by atoms with Gasteiger partial charge < -0.3 is 10.0 Å². The molecule has 1 atom stereocenters. The van der Waals surface area contributed by atoms with Gasteiger partial charge in [-0.15, -0.1) is 0 Å². The molecule has 2 aromatic rings. The Hall–Kier alpha value is -2.36. The van der Waals surface area contributed by atoms with Crippen LogP contribution in [-0.2, 0) is 6.42 Å². The standard InChI is InChI=1S/C17H18N2O2/c1-12(13-5-3-9-18-11-13)19-10-4-7-14-15(17(20)21)6-2-8-16(14)19/h2-3,5-6,8-9,11-12H,4,7,10H2,1H3,(H,20,21). The van der Waals surface area contributed by atoms with E-state index in [-0.39, 0.29) is 6.04 Å². The molecule has 108 valence electrons. The molecule has 1 aliphatic heterocycles. The number of rotatable bonds is 3. The van der Waals surface area contributed by atoms with Crippen LogP contribution in [0.15, 0.2) is 42.7 Å². The van der Waals surface area contributed by atoms with Gasteiger partial charge in [0.05, 0.1) is 11.6 Å². The fraction of sp³-hybridized carbons (Fsp3) is 0.294. The molecule has 0 spiro atoms. The number of nitrogens with zero attached hydrogens (tertiary/aromatic N) is 2. The molecule has 1 aromatic carbocycles. The van der Waals surface area contributed by atoms with Crippen LogP contribution in [-0.4, -0.2) is 22.6 Å². The molecule has 1 aromatic heterocycles. The second-order valence-corrected chi connectivity index (χ2v) is 5.37. The minimum Gasteiger partial charge on any atom is -0.478 e. The average molecular weight is 282 g/mol. The van der Waals surface area contributed by atoms with E-state index in [4.69, 9.17) is 0 Å². The Morgan fingerprint density at radius 3 is 2.90 bits per heavy atom. The molecule has 0 amide bonds. The number of hydrogen-bond donors (Lipinski definition) is 1. The Morgan fingerprint density at radius 1 is 1.33 bits per heavy atom. The number of pyridine rings is 1. The van der Waals surface area contributed by atoms with Crippen molar-refractivity contribution in [1.82, 2.24) is 4.98 Å². The minimum atomic E-state index is -0.845. The van der Waals surface area contributed by atoms with Crippen LogP contribution in [0.3, 0.4) is 0 Å². The Bertz CT molecular complexity index is 655. The molecule has 2 heterocycles. The highest BCUT2D eigenvalue weighted by molar-refractivity contribution is 5.91. The monoisotopic (exact) mass is 282 g/mol. The van der Waals surface area contributed by atoms with Gasteiger partial charge in [-0.05, 0) is 49.1 Å². The molecule has 4 heteroatoms. The summed E-state index contributed by atoms with van der Waals surface area (Å²) in [6.45, 7) is 3.08. The molecule has 0 aliphatic carbocycles. The normalized spacial score (nSPS) is 15.4. The summed E-state index contributed by atoms with van der Waals surface area (Å²) in [5, 5.41) is 9.35. The maximum absolute atomic E-state index is 11.4. The number of aromatic carboxylic acids is 1. The summed E-state index contributed by atoms with van der Waals surface area (Å²) in [5.41, 5.74) is 3.56. The number of aromatic nitrogens is 1. The SMILES string of the molecule is CC(c1cccnc1)N1CCCc2c(C(=O)O)cccc21. The molecule has 21 heavy (non-hydrogen) atoms. The maximum atomic E-state index is 11.4. The minimum absolute atomic E-state index is 0.182. The summed E-state index contributed by atoms with van der Waals surface area (Å²) >= 11 is 0. The van der Waals surface area contributed by atoms with Crippen LogP contribution in [0.4, 0.5) is 5.69 Å². The third-order valence-corrected chi connectivity index (χ3v) is 4.15.